The molecule has 0 aliphatic rings. The van der Waals surface area contributed by atoms with Gasteiger partial charge in [0.25, 0.3) is 0 Å². The fourth-order valence-electron chi connectivity index (χ4n) is 2.33. The first-order valence-corrected chi connectivity index (χ1v) is 7.91. The highest BCUT2D eigenvalue weighted by Crippen LogP contribution is 2.26. The van der Waals surface area contributed by atoms with Crippen LogP contribution in [0.2, 0.25) is 0 Å². The lowest BCUT2D eigenvalue weighted by Crippen LogP contribution is -1.84. The molecule has 114 valence electrons. The average molecular weight is 279 g/mol. The van der Waals surface area contributed by atoms with Gasteiger partial charge >= 0.3 is 0 Å². The highest BCUT2D eigenvalue weighted by molar-refractivity contribution is 5.57. The van der Waals surface area contributed by atoms with E-state index < -0.39 is 0 Å². The molecule has 1 aromatic heterocycles. The van der Waals surface area contributed by atoms with Crippen molar-refractivity contribution >= 4 is 6.08 Å². The zero-order valence-electron chi connectivity index (χ0n) is 12.9. The minimum Gasteiger partial charge on any atom is -0.494 e. The molecule has 0 fully saturated rings. The second-order valence-corrected chi connectivity index (χ2v) is 5.51. The highest BCUT2D eigenvalue weighted by Gasteiger charge is 2.07. The molecule has 0 radical (unpaired) electrons. The predicted octanol–water partition coefficient (Wildman–Crippen LogP) is 4.98. The summed E-state index contributed by atoms with van der Waals surface area (Å²) in [4.78, 5) is 0. The first-order valence-electron chi connectivity index (χ1n) is 7.91. The third-order valence-electron chi connectivity index (χ3n) is 3.73. The normalized spacial score (nSPS) is 11.5. The lowest BCUT2D eigenvalue weighted by Gasteiger charge is -1.99. The van der Waals surface area contributed by atoms with E-state index in [0.717, 1.165) is 6.42 Å². The van der Waals surface area contributed by atoms with E-state index in [-0.39, 0.29) is 11.8 Å². The smallest absolute Gasteiger partial charge is 0.201 e. The molecule has 0 aromatic carbocycles. The van der Waals surface area contributed by atoms with E-state index in [9.17, 15) is 10.2 Å². The van der Waals surface area contributed by atoms with Crippen molar-refractivity contribution in [2.45, 2.75) is 64.7 Å². The summed E-state index contributed by atoms with van der Waals surface area (Å²) in [6.45, 7) is 2.25. The standard InChI is InChI=1S/C17H29NO2/c1-3-4-5-6-7-8-9-10-11-12-13-15-14-16(19)18(2)17(15)20/h12-14,19-20H,3-11H2,1-2H3. The summed E-state index contributed by atoms with van der Waals surface area (Å²) in [7, 11) is 1.64. The van der Waals surface area contributed by atoms with Crippen LogP contribution in [0.3, 0.4) is 0 Å². The molecule has 0 aliphatic heterocycles. The minimum atomic E-state index is 0.0919. The van der Waals surface area contributed by atoms with Gasteiger partial charge in [-0.1, -0.05) is 64.0 Å². The van der Waals surface area contributed by atoms with Crippen molar-refractivity contribution in [1.29, 1.82) is 0 Å². The highest BCUT2D eigenvalue weighted by atomic mass is 16.3. The molecule has 1 rings (SSSR count). The van der Waals surface area contributed by atoms with Gasteiger partial charge in [0.15, 0.2) is 5.88 Å². The fourth-order valence-corrected chi connectivity index (χ4v) is 2.33. The maximum Gasteiger partial charge on any atom is 0.201 e. The van der Waals surface area contributed by atoms with E-state index in [1.54, 1.807) is 13.1 Å². The van der Waals surface area contributed by atoms with Crippen LogP contribution >= 0.6 is 0 Å². The Morgan fingerprint density at radius 2 is 1.60 bits per heavy atom. The molecule has 3 nitrogen and oxygen atoms in total. The molecule has 3 heteroatoms. The molecule has 0 amide bonds. The molecule has 0 saturated carbocycles. The quantitative estimate of drug-likeness (QED) is 0.593. The van der Waals surface area contributed by atoms with Crippen LogP contribution in [0.4, 0.5) is 0 Å². The Balaban J connectivity index is 2.09. The molecule has 0 bridgehead atoms. The number of hydrogen-bond acceptors (Lipinski definition) is 2. The van der Waals surface area contributed by atoms with E-state index in [1.165, 1.54) is 55.9 Å². The Morgan fingerprint density at radius 3 is 2.15 bits per heavy atom. The maximum atomic E-state index is 9.71. The molecule has 1 aromatic rings. The number of aromatic nitrogens is 1. The summed E-state index contributed by atoms with van der Waals surface area (Å²) in [6, 6.07) is 1.58. The van der Waals surface area contributed by atoms with Crippen LogP contribution in [0.1, 0.15) is 70.3 Å². The molecule has 1 heterocycles. The third-order valence-corrected chi connectivity index (χ3v) is 3.73. The molecule has 0 unspecified atom stereocenters. The number of hydrogen-bond donors (Lipinski definition) is 2. The first-order chi connectivity index (χ1) is 9.66. The van der Waals surface area contributed by atoms with E-state index in [1.807, 2.05) is 6.08 Å². The lowest BCUT2D eigenvalue weighted by atomic mass is 10.1. The van der Waals surface area contributed by atoms with E-state index >= 15 is 0 Å². The van der Waals surface area contributed by atoms with Crippen LogP contribution in [-0.4, -0.2) is 14.8 Å². The van der Waals surface area contributed by atoms with Gasteiger partial charge in [-0.05, 0) is 12.8 Å². The molecule has 0 spiro atoms. The largest absolute Gasteiger partial charge is 0.494 e. The van der Waals surface area contributed by atoms with Crippen molar-refractivity contribution in [2.75, 3.05) is 0 Å². The van der Waals surface area contributed by atoms with Crippen LogP contribution in [0.5, 0.6) is 11.8 Å². The monoisotopic (exact) mass is 279 g/mol. The van der Waals surface area contributed by atoms with Crippen molar-refractivity contribution < 1.29 is 10.2 Å². The van der Waals surface area contributed by atoms with E-state index in [4.69, 9.17) is 0 Å². The predicted molar refractivity (Wildman–Crippen MR) is 85.0 cm³/mol. The van der Waals surface area contributed by atoms with Gasteiger partial charge in [-0.25, -0.2) is 0 Å². The lowest BCUT2D eigenvalue weighted by molar-refractivity contribution is 0.386. The molecule has 0 aliphatic carbocycles. The molecule has 0 saturated heterocycles. The number of aromatic hydroxyl groups is 2. The molecule has 20 heavy (non-hydrogen) atoms. The SMILES string of the molecule is CCCCCCCCCCC=Cc1cc(O)n(C)c1O. The Hall–Kier alpha value is -1.38. The molecular formula is C17H29NO2. The maximum absolute atomic E-state index is 9.71. The van der Waals surface area contributed by atoms with Crippen molar-refractivity contribution in [2.24, 2.45) is 7.05 Å². The van der Waals surface area contributed by atoms with Crippen LogP contribution in [0, 0.1) is 0 Å². The third kappa shape index (κ3) is 5.72. The van der Waals surface area contributed by atoms with Crippen molar-refractivity contribution in [3.05, 3.63) is 17.7 Å². The van der Waals surface area contributed by atoms with Crippen molar-refractivity contribution in [1.82, 2.24) is 4.57 Å². The Labute approximate surface area is 122 Å². The number of rotatable bonds is 10. The Bertz CT molecular complexity index is 407. The summed E-state index contributed by atoms with van der Waals surface area (Å²) >= 11 is 0. The van der Waals surface area contributed by atoms with Gasteiger partial charge in [0, 0.05) is 18.7 Å². The number of allylic oxidation sites excluding steroid dienone is 1. The van der Waals surface area contributed by atoms with E-state index in [2.05, 4.69) is 13.0 Å². The fraction of sp³-hybridized carbons (Fsp3) is 0.647. The van der Waals surface area contributed by atoms with Gasteiger partial charge in [-0.15, -0.1) is 0 Å². The van der Waals surface area contributed by atoms with Crippen molar-refractivity contribution in [3.8, 4) is 11.8 Å². The Morgan fingerprint density at radius 1 is 1.00 bits per heavy atom. The van der Waals surface area contributed by atoms with E-state index in [0.29, 0.717) is 5.56 Å². The minimum absolute atomic E-state index is 0.0919. The van der Waals surface area contributed by atoms with Gasteiger partial charge in [0.1, 0.15) is 0 Å². The van der Waals surface area contributed by atoms with Gasteiger partial charge in [0.2, 0.25) is 5.88 Å². The van der Waals surface area contributed by atoms with Gasteiger partial charge in [-0.2, -0.15) is 0 Å². The molecule has 2 N–H and O–H groups in total. The van der Waals surface area contributed by atoms with Gasteiger partial charge in [-0.3, -0.25) is 4.57 Å². The number of nitrogens with zero attached hydrogens (tertiary/aromatic N) is 1. The summed E-state index contributed by atoms with van der Waals surface area (Å²) in [5, 5.41) is 19.2. The number of unbranched alkanes of at least 4 members (excludes halogenated alkanes) is 8. The van der Waals surface area contributed by atoms with Crippen LogP contribution in [0.15, 0.2) is 12.1 Å². The zero-order valence-corrected chi connectivity index (χ0v) is 12.9. The first kappa shape index (κ1) is 16.7. The summed E-state index contributed by atoms with van der Waals surface area (Å²) in [5.74, 6) is 0.212. The summed E-state index contributed by atoms with van der Waals surface area (Å²) in [5.41, 5.74) is 0.685. The zero-order chi connectivity index (χ0) is 14.8. The molecule has 0 atom stereocenters. The van der Waals surface area contributed by atoms with Crippen molar-refractivity contribution in [3.63, 3.8) is 0 Å². The molecular weight excluding hydrogens is 250 g/mol. The Kier molecular flexibility index (Phi) is 7.93. The van der Waals surface area contributed by atoms with Crippen LogP contribution in [-0.2, 0) is 7.05 Å². The second kappa shape index (κ2) is 9.51. The summed E-state index contributed by atoms with van der Waals surface area (Å²) in [6.07, 6.45) is 15.6. The van der Waals surface area contributed by atoms with Crippen LogP contribution in [0.25, 0.3) is 6.08 Å². The van der Waals surface area contributed by atoms with Gasteiger partial charge in [0.05, 0.1) is 0 Å². The topological polar surface area (TPSA) is 45.4 Å². The van der Waals surface area contributed by atoms with Gasteiger partial charge < -0.3 is 10.2 Å². The van der Waals surface area contributed by atoms with Crippen LogP contribution < -0.4 is 0 Å². The average Bonchev–Trinajstić information content (AvgIpc) is 2.68. The second-order valence-electron chi connectivity index (χ2n) is 5.51. The summed E-state index contributed by atoms with van der Waals surface area (Å²) < 4.78 is 1.37.